The first-order valence-corrected chi connectivity index (χ1v) is 9.24. The summed E-state index contributed by atoms with van der Waals surface area (Å²) < 4.78 is 19.4. The number of hydrogen-bond acceptors (Lipinski definition) is 6. The summed E-state index contributed by atoms with van der Waals surface area (Å²) in [6.45, 7) is 8.77. The van der Waals surface area contributed by atoms with Crippen molar-refractivity contribution in [3.8, 4) is 0 Å². The second kappa shape index (κ2) is 7.24. The molecule has 3 heterocycles. The molecular formula is C17H20Cl2FN5O2. The Labute approximate surface area is 166 Å². The summed E-state index contributed by atoms with van der Waals surface area (Å²) in [7, 11) is 0. The Bertz CT molecular complexity index is 890. The number of carbonyl (C=O) groups is 1. The molecule has 1 aliphatic heterocycles. The minimum Gasteiger partial charge on any atom is -0.444 e. The fourth-order valence-electron chi connectivity index (χ4n) is 2.95. The number of amides is 1. The van der Waals surface area contributed by atoms with Crippen LogP contribution in [0.15, 0.2) is 6.07 Å². The molecule has 0 unspecified atom stereocenters. The normalized spacial score (nSPS) is 18.1. The highest BCUT2D eigenvalue weighted by atomic mass is 35.5. The first-order chi connectivity index (χ1) is 12.5. The van der Waals surface area contributed by atoms with Crippen molar-refractivity contribution in [2.75, 3.05) is 24.5 Å². The predicted octanol–water partition coefficient (Wildman–Crippen LogP) is 3.92. The number of piperazine rings is 1. The highest BCUT2D eigenvalue weighted by Crippen LogP contribution is 2.30. The Kier molecular flexibility index (Phi) is 5.31. The summed E-state index contributed by atoms with van der Waals surface area (Å²) in [5, 5.41) is 0.138. The van der Waals surface area contributed by atoms with E-state index in [4.69, 9.17) is 27.9 Å². The van der Waals surface area contributed by atoms with Crippen LogP contribution in [0.3, 0.4) is 0 Å². The van der Waals surface area contributed by atoms with Crippen LogP contribution in [0.4, 0.5) is 15.0 Å². The maximum absolute atomic E-state index is 13.9. The van der Waals surface area contributed by atoms with E-state index in [1.807, 2.05) is 32.6 Å². The number of carbonyl (C=O) groups excluding carboxylic acids is 1. The molecule has 1 fully saturated rings. The molecule has 0 bridgehead atoms. The van der Waals surface area contributed by atoms with Crippen molar-refractivity contribution in [2.24, 2.45) is 0 Å². The molecule has 1 amide bonds. The molecule has 1 atom stereocenters. The number of nitrogens with zero attached hydrogens (tertiary/aromatic N) is 5. The number of halogens is 3. The number of hydrogen-bond donors (Lipinski definition) is 0. The van der Waals surface area contributed by atoms with Gasteiger partial charge in [-0.1, -0.05) is 11.6 Å². The molecule has 1 aliphatic rings. The van der Waals surface area contributed by atoms with Gasteiger partial charge in [0.15, 0.2) is 16.6 Å². The summed E-state index contributed by atoms with van der Waals surface area (Å²) in [6.07, 6.45) is -0.362. The zero-order valence-corrected chi connectivity index (χ0v) is 17.0. The average Bonchev–Trinajstić information content (AvgIpc) is 2.54. The van der Waals surface area contributed by atoms with Gasteiger partial charge < -0.3 is 14.5 Å². The highest BCUT2D eigenvalue weighted by molar-refractivity contribution is 6.30. The van der Waals surface area contributed by atoms with E-state index in [1.165, 1.54) is 6.07 Å². The largest absolute Gasteiger partial charge is 0.444 e. The summed E-state index contributed by atoms with van der Waals surface area (Å²) in [5.41, 5.74) is -0.339. The number of pyridine rings is 1. The van der Waals surface area contributed by atoms with E-state index in [2.05, 4.69) is 15.0 Å². The SMILES string of the molecule is C[C@H]1CN(C(=O)OC(C)(C)C)CCN1c1nc(Cl)nc2nc(Cl)c(F)cc12. The fourth-order valence-corrected chi connectivity index (χ4v) is 3.25. The first-order valence-electron chi connectivity index (χ1n) is 8.49. The van der Waals surface area contributed by atoms with Gasteiger partial charge in [0.05, 0.1) is 5.39 Å². The van der Waals surface area contributed by atoms with Crippen molar-refractivity contribution in [1.29, 1.82) is 0 Å². The molecule has 7 nitrogen and oxygen atoms in total. The van der Waals surface area contributed by atoms with Crippen LogP contribution in [-0.4, -0.2) is 57.2 Å². The van der Waals surface area contributed by atoms with E-state index in [0.29, 0.717) is 30.8 Å². The molecule has 10 heteroatoms. The number of rotatable bonds is 1. The smallest absolute Gasteiger partial charge is 0.410 e. The zero-order valence-electron chi connectivity index (χ0n) is 15.5. The summed E-state index contributed by atoms with van der Waals surface area (Å²) in [5.74, 6) is -0.194. The van der Waals surface area contributed by atoms with E-state index in [1.54, 1.807) is 4.90 Å². The molecular weight excluding hydrogens is 396 g/mol. The third-order valence-electron chi connectivity index (χ3n) is 4.10. The molecule has 1 saturated heterocycles. The third-order valence-corrected chi connectivity index (χ3v) is 4.54. The van der Waals surface area contributed by atoms with E-state index in [0.717, 1.165) is 0 Å². The van der Waals surface area contributed by atoms with E-state index in [9.17, 15) is 9.18 Å². The predicted molar refractivity (Wildman–Crippen MR) is 102 cm³/mol. The molecule has 146 valence electrons. The Morgan fingerprint density at radius 2 is 1.96 bits per heavy atom. The van der Waals surface area contributed by atoms with Gasteiger partial charge in [0, 0.05) is 25.7 Å². The number of aromatic nitrogens is 3. The molecule has 2 aromatic rings. The minimum atomic E-state index is -0.656. The number of anilines is 1. The van der Waals surface area contributed by atoms with Crippen molar-refractivity contribution in [3.05, 3.63) is 22.3 Å². The van der Waals surface area contributed by atoms with Gasteiger partial charge in [-0.15, -0.1) is 0 Å². The van der Waals surface area contributed by atoms with Gasteiger partial charge in [-0.3, -0.25) is 0 Å². The molecule has 0 aromatic carbocycles. The third kappa shape index (κ3) is 4.32. The van der Waals surface area contributed by atoms with Crippen molar-refractivity contribution in [2.45, 2.75) is 39.3 Å². The maximum Gasteiger partial charge on any atom is 0.410 e. The van der Waals surface area contributed by atoms with Crippen LogP contribution in [0.2, 0.25) is 10.4 Å². The summed E-state index contributed by atoms with van der Waals surface area (Å²) in [6, 6.07) is 1.16. The van der Waals surface area contributed by atoms with Gasteiger partial charge in [0.2, 0.25) is 5.28 Å². The van der Waals surface area contributed by atoms with E-state index in [-0.39, 0.29) is 28.2 Å². The van der Waals surface area contributed by atoms with Crippen molar-refractivity contribution < 1.29 is 13.9 Å². The lowest BCUT2D eigenvalue weighted by Gasteiger charge is -2.41. The van der Waals surface area contributed by atoms with Crippen molar-refractivity contribution in [1.82, 2.24) is 19.9 Å². The Balaban J connectivity index is 1.88. The second-order valence-electron chi connectivity index (χ2n) is 7.42. The maximum atomic E-state index is 13.9. The second-order valence-corrected chi connectivity index (χ2v) is 8.11. The molecule has 0 aliphatic carbocycles. The van der Waals surface area contributed by atoms with Crippen LogP contribution in [0.5, 0.6) is 0 Å². The Morgan fingerprint density at radius 3 is 2.59 bits per heavy atom. The quantitative estimate of drug-likeness (QED) is 0.519. The van der Waals surface area contributed by atoms with Crippen LogP contribution in [0, 0.1) is 5.82 Å². The Morgan fingerprint density at radius 1 is 1.26 bits per heavy atom. The molecule has 27 heavy (non-hydrogen) atoms. The van der Waals surface area contributed by atoms with Gasteiger partial charge in [0.25, 0.3) is 0 Å². The van der Waals surface area contributed by atoms with Gasteiger partial charge >= 0.3 is 6.09 Å². The molecule has 0 radical (unpaired) electrons. The van der Waals surface area contributed by atoms with Crippen LogP contribution < -0.4 is 4.90 Å². The van der Waals surface area contributed by atoms with Crippen LogP contribution in [0.1, 0.15) is 27.7 Å². The molecule has 2 aromatic heterocycles. The van der Waals surface area contributed by atoms with Gasteiger partial charge in [-0.2, -0.15) is 9.97 Å². The lowest BCUT2D eigenvalue weighted by Crippen LogP contribution is -2.54. The topological polar surface area (TPSA) is 71.5 Å². The summed E-state index contributed by atoms with van der Waals surface area (Å²) in [4.78, 5) is 28.1. The van der Waals surface area contributed by atoms with Crippen molar-refractivity contribution in [3.63, 3.8) is 0 Å². The monoisotopic (exact) mass is 415 g/mol. The minimum absolute atomic E-state index is 0.00514. The van der Waals surface area contributed by atoms with Crippen LogP contribution in [0.25, 0.3) is 11.0 Å². The molecule has 0 saturated carbocycles. The van der Waals surface area contributed by atoms with Crippen molar-refractivity contribution >= 4 is 46.1 Å². The average molecular weight is 416 g/mol. The van der Waals surface area contributed by atoms with Crippen LogP contribution >= 0.6 is 23.2 Å². The highest BCUT2D eigenvalue weighted by Gasteiger charge is 2.31. The molecule has 0 N–H and O–H groups in total. The van der Waals surface area contributed by atoms with Gasteiger partial charge in [0.1, 0.15) is 11.4 Å². The van der Waals surface area contributed by atoms with Gasteiger partial charge in [-0.25, -0.2) is 14.2 Å². The van der Waals surface area contributed by atoms with E-state index >= 15 is 0 Å². The Hall–Kier alpha value is -1.93. The zero-order chi connectivity index (χ0) is 19.9. The van der Waals surface area contributed by atoms with E-state index < -0.39 is 11.4 Å². The fraction of sp³-hybridized carbons (Fsp3) is 0.529. The summed E-state index contributed by atoms with van der Waals surface area (Å²) >= 11 is 11.8. The standard InChI is InChI=1S/C17H20Cl2FN5O2/c1-9-8-24(16(26)27-17(2,3)4)5-6-25(9)14-10-7-11(20)12(18)21-13(10)22-15(19)23-14/h7,9H,5-6,8H2,1-4H3/t9-/m0/s1. The molecule has 3 rings (SSSR count). The van der Waals surface area contributed by atoms with Gasteiger partial charge in [-0.05, 0) is 45.4 Å². The number of ether oxygens (including phenoxy) is 1. The lowest BCUT2D eigenvalue weighted by molar-refractivity contribution is 0.0218. The van der Waals surface area contributed by atoms with Crippen LogP contribution in [-0.2, 0) is 4.74 Å². The number of fused-ring (bicyclic) bond motifs is 1. The lowest BCUT2D eigenvalue weighted by atomic mass is 10.1. The first kappa shape index (κ1) is 19.8. The molecule has 0 spiro atoms.